The molecule has 4 nitrogen and oxygen atoms in total. The first kappa shape index (κ1) is 15.8. The number of hydrogen-bond donors (Lipinski definition) is 2. The Hall–Kier alpha value is -1.55. The summed E-state index contributed by atoms with van der Waals surface area (Å²) in [6, 6.07) is 8.23. The smallest absolute Gasteiger partial charge is 0.224 e. The van der Waals surface area contributed by atoms with Crippen LogP contribution < -0.4 is 15.5 Å². The van der Waals surface area contributed by atoms with E-state index in [1.54, 1.807) is 0 Å². The number of amides is 1. The van der Waals surface area contributed by atoms with Crippen molar-refractivity contribution >= 4 is 17.3 Å². The number of carbonyl (C=O) groups excluding carboxylic acids is 1. The zero-order chi connectivity index (χ0) is 15.1. The van der Waals surface area contributed by atoms with Gasteiger partial charge in [0.15, 0.2) is 0 Å². The highest BCUT2D eigenvalue weighted by molar-refractivity contribution is 5.90. The minimum atomic E-state index is 0.0878. The fourth-order valence-corrected chi connectivity index (χ4v) is 2.67. The van der Waals surface area contributed by atoms with E-state index in [-0.39, 0.29) is 5.91 Å². The highest BCUT2D eigenvalue weighted by Gasteiger charge is 2.15. The molecule has 1 aromatic rings. The fraction of sp³-hybridized carbons (Fsp3) is 0.588. The molecular weight excluding hydrogens is 262 g/mol. The summed E-state index contributed by atoms with van der Waals surface area (Å²) < 4.78 is 0. The van der Waals surface area contributed by atoms with Gasteiger partial charge in [0.1, 0.15) is 0 Å². The molecule has 0 unspecified atom stereocenters. The first-order valence-electron chi connectivity index (χ1n) is 7.98. The normalized spacial score (nSPS) is 16.0. The van der Waals surface area contributed by atoms with Crippen LogP contribution in [0.15, 0.2) is 24.3 Å². The Balaban J connectivity index is 1.83. The van der Waals surface area contributed by atoms with Crippen molar-refractivity contribution in [3.05, 3.63) is 24.3 Å². The Bertz CT molecular complexity index is 436. The Morgan fingerprint density at radius 3 is 2.52 bits per heavy atom. The van der Waals surface area contributed by atoms with Gasteiger partial charge >= 0.3 is 0 Å². The van der Waals surface area contributed by atoms with Gasteiger partial charge in [-0.3, -0.25) is 4.79 Å². The SMILES string of the molecule is CNCCCC(=O)Nc1ccc(N2CCC(C)CC2)cc1. The highest BCUT2D eigenvalue weighted by Crippen LogP contribution is 2.24. The van der Waals surface area contributed by atoms with Gasteiger partial charge in [0.2, 0.25) is 5.91 Å². The van der Waals surface area contributed by atoms with Crippen LogP contribution >= 0.6 is 0 Å². The van der Waals surface area contributed by atoms with Crippen molar-refractivity contribution < 1.29 is 4.79 Å². The molecule has 116 valence electrons. The maximum absolute atomic E-state index is 11.8. The number of anilines is 2. The van der Waals surface area contributed by atoms with Crippen molar-refractivity contribution in [2.45, 2.75) is 32.6 Å². The molecule has 1 aliphatic rings. The van der Waals surface area contributed by atoms with Gasteiger partial charge in [-0.1, -0.05) is 6.92 Å². The molecular formula is C17H27N3O. The molecule has 1 saturated heterocycles. The Labute approximate surface area is 127 Å². The fourth-order valence-electron chi connectivity index (χ4n) is 2.67. The summed E-state index contributed by atoms with van der Waals surface area (Å²) >= 11 is 0. The summed E-state index contributed by atoms with van der Waals surface area (Å²) in [6.45, 7) is 5.47. The largest absolute Gasteiger partial charge is 0.372 e. The number of nitrogens with zero attached hydrogens (tertiary/aromatic N) is 1. The van der Waals surface area contributed by atoms with Crippen LogP contribution in [-0.4, -0.2) is 32.6 Å². The van der Waals surface area contributed by atoms with Crippen molar-refractivity contribution in [1.29, 1.82) is 0 Å². The molecule has 0 bridgehead atoms. The first-order chi connectivity index (χ1) is 10.2. The monoisotopic (exact) mass is 289 g/mol. The predicted octanol–water partition coefficient (Wildman–Crippen LogP) is 2.86. The van der Waals surface area contributed by atoms with Crippen molar-refractivity contribution in [2.24, 2.45) is 5.92 Å². The topological polar surface area (TPSA) is 44.4 Å². The van der Waals surface area contributed by atoms with E-state index in [4.69, 9.17) is 0 Å². The zero-order valence-corrected chi connectivity index (χ0v) is 13.2. The lowest BCUT2D eigenvalue weighted by atomic mass is 9.99. The molecule has 4 heteroatoms. The molecule has 1 fully saturated rings. The van der Waals surface area contributed by atoms with Crippen molar-refractivity contribution in [3.8, 4) is 0 Å². The van der Waals surface area contributed by atoms with Gasteiger partial charge in [-0.15, -0.1) is 0 Å². The summed E-state index contributed by atoms with van der Waals surface area (Å²) in [5.74, 6) is 0.933. The van der Waals surface area contributed by atoms with Gasteiger partial charge in [0.25, 0.3) is 0 Å². The standard InChI is InChI=1S/C17H27N3O/c1-14-9-12-20(13-10-14)16-7-5-15(6-8-16)19-17(21)4-3-11-18-2/h5-8,14,18H,3-4,9-13H2,1-2H3,(H,19,21). The number of nitrogens with one attached hydrogen (secondary N) is 2. The molecule has 0 aliphatic carbocycles. The molecule has 0 radical (unpaired) electrons. The van der Waals surface area contributed by atoms with Gasteiger partial charge < -0.3 is 15.5 Å². The van der Waals surface area contributed by atoms with Gasteiger partial charge in [0, 0.05) is 30.9 Å². The van der Waals surface area contributed by atoms with E-state index in [1.165, 1.54) is 18.5 Å². The number of piperidine rings is 1. The second-order valence-corrected chi connectivity index (χ2v) is 5.97. The minimum Gasteiger partial charge on any atom is -0.372 e. The number of carbonyl (C=O) groups is 1. The lowest BCUT2D eigenvalue weighted by Gasteiger charge is -2.32. The van der Waals surface area contributed by atoms with Crippen LogP contribution in [0.25, 0.3) is 0 Å². The van der Waals surface area contributed by atoms with E-state index in [2.05, 4.69) is 34.6 Å². The van der Waals surface area contributed by atoms with E-state index in [9.17, 15) is 4.79 Å². The highest BCUT2D eigenvalue weighted by atomic mass is 16.1. The molecule has 1 amide bonds. The van der Waals surface area contributed by atoms with Crippen molar-refractivity contribution in [3.63, 3.8) is 0 Å². The van der Waals surface area contributed by atoms with Crippen LogP contribution in [0.1, 0.15) is 32.6 Å². The summed E-state index contributed by atoms with van der Waals surface area (Å²) in [5.41, 5.74) is 2.15. The Morgan fingerprint density at radius 1 is 1.24 bits per heavy atom. The quantitative estimate of drug-likeness (QED) is 0.792. The van der Waals surface area contributed by atoms with E-state index in [0.29, 0.717) is 6.42 Å². The molecule has 1 aliphatic heterocycles. The van der Waals surface area contributed by atoms with Gasteiger partial charge in [-0.05, 0) is 63.0 Å². The maximum Gasteiger partial charge on any atom is 0.224 e. The van der Waals surface area contributed by atoms with Gasteiger partial charge in [-0.2, -0.15) is 0 Å². The summed E-state index contributed by atoms with van der Waals surface area (Å²) in [6.07, 6.45) is 3.97. The van der Waals surface area contributed by atoms with Crippen LogP contribution in [0, 0.1) is 5.92 Å². The molecule has 0 atom stereocenters. The van der Waals surface area contributed by atoms with Crippen molar-refractivity contribution in [1.82, 2.24) is 5.32 Å². The van der Waals surface area contributed by atoms with Crippen LogP contribution in [0.3, 0.4) is 0 Å². The van der Waals surface area contributed by atoms with E-state index in [0.717, 1.165) is 37.7 Å². The molecule has 0 spiro atoms. The molecule has 2 N–H and O–H groups in total. The molecule has 0 aromatic heterocycles. The summed E-state index contributed by atoms with van der Waals surface area (Å²) in [4.78, 5) is 14.2. The third kappa shape index (κ3) is 5.05. The third-order valence-electron chi connectivity index (χ3n) is 4.13. The number of hydrogen-bond acceptors (Lipinski definition) is 3. The van der Waals surface area contributed by atoms with E-state index < -0.39 is 0 Å². The van der Waals surface area contributed by atoms with Crippen LogP contribution in [0.2, 0.25) is 0 Å². The predicted molar refractivity (Wildman–Crippen MR) is 88.8 cm³/mol. The van der Waals surface area contributed by atoms with Crippen LogP contribution in [0.4, 0.5) is 11.4 Å². The Morgan fingerprint density at radius 2 is 1.90 bits per heavy atom. The third-order valence-corrected chi connectivity index (χ3v) is 4.13. The molecule has 0 saturated carbocycles. The van der Waals surface area contributed by atoms with E-state index >= 15 is 0 Å². The van der Waals surface area contributed by atoms with Gasteiger partial charge in [-0.25, -0.2) is 0 Å². The van der Waals surface area contributed by atoms with E-state index in [1.807, 2.05) is 19.2 Å². The molecule has 21 heavy (non-hydrogen) atoms. The van der Waals surface area contributed by atoms with Crippen LogP contribution in [0.5, 0.6) is 0 Å². The molecule has 1 heterocycles. The zero-order valence-electron chi connectivity index (χ0n) is 13.2. The lowest BCUT2D eigenvalue weighted by molar-refractivity contribution is -0.116. The maximum atomic E-state index is 11.8. The average molecular weight is 289 g/mol. The summed E-state index contributed by atoms with van der Waals surface area (Å²) in [5, 5.41) is 6.00. The van der Waals surface area contributed by atoms with Crippen LogP contribution in [-0.2, 0) is 4.79 Å². The summed E-state index contributed by atoms with van der Waals surface area (Å²) in [7, 11) is 1.90. The average Bonchev–Trinajstić information content (AvgIpc) is 2.49. The molecule has 1 aromatic carbocycles. The Kier molecular flexibility index (Phi) is 6.05. The van der Waals surface area contributed by atoms with Gasteiger partial charge in [0.05, 0.1) is 0 Å². The number of rotatable bonds is 6. The molecule has 2 rings (SSSR count). The lowest BCUT2D eigenvalue weighted by Crippen LogP contribution is -2.32. The first-order valence-corrected chi connectivity index (χ1v) is 7.98. The van der Waals surface area contributed by atoms with Crippen molar-refractivity contribution in [2.75, 3.05) is 36.9 Å². The second-order valence-electron chi connectivity index (χ2n) is 5.97. The second kappa shape index (κ2) is 8.03. The minimum absolute atomic E-state index is 0.0878. The number of benzene rings is 1.